The van der Waals surface area contributed by atoms with E-state index in [1.165, 1.54) is 0 Å². The van der Waals surface area contributed by atoms with Gasteiger partial charge in [-0.2, -0.15) is 0 Å². The second kappa shape index (κ2) is 7.47. The minimum absolute atomic E-state index is 0.0669. The molecule has 2 rings (SSSR count). The van der Waals surface area contributed by atoms with Gasteiger partial charge in [-0.1, -0.05) is 30.3 Å². The molecule has 23 heavy (non-hydrogen) atoms. The molecule has 0 radical (unpaired) electrons. The predicted molar refractivity (Wildman–Crippen MR) is 90.3 cm³/mol. The third-order valence-electron chi connectivity index (χ3n) is 4.25. The van der Waals surface area contributed by atoms with Crippen molar-refractivity contribution < 1.29 is 13.9 Å². The summed E-state index contributed by atoms with van der Waals surface area (Å²) in [7, 11) is 3.47. The van der Waals surface area contributed by atoms with Crippen LogP contribution < -0.4 is 0 Å². The molecule has 4 nitrogen and oxygen atoms in total. The molecule has 0 fully saturated rings. The monoisotopic (exact) mass is 315 g/mol. The number of ether oxygens (including phenoxy) is 1. The lowest BCUT2D eigenvalue weighted by Gasteiger charge is -2.35. The number of hydrogen-bond donors (Lipinski definition) is 0. The average molecular weight is 315 g/mol. The summed E-state index contributed by atoms with van der Waals surface area (Å²) in [5.74, 6) is 0.791. The third-order valence-corrected chi connectivity index (χ3v) is 4.25. The lowest BCUT2D eigenvalue weighted by atomic mass is 9.92. The van der Waals surface area contributed by atoms with E-state index >= 15 is 0 Å². The Morgan fingerprint density at radius 3 is 2.48 bits per heavy atom. The first-order valence-corrected chi connectivity index (χ1v) is 7.79. The highest BCUT2D eigenvalue weighted by Gasteiger charge is 2.30. The fourth-order valence-corrected chi connectivity index (χ4v) is 2.66. The Kier molecular flexibility index (Phi) is 5.61. The quantitative estimate of drug-likeness (QED) is 0.782. The van der Waals surface area contributed by atoms with Crippen molar-refractivity contribution in [2.45, 2.75) is 31.7 Å². The van der Waals surface area contributed by atoms with Gasteiger partial charge in [0.1, 0.15) is 5.76 Å². The van der Waals surface area contributed by atoms with Gasteiger partial charge in [0.25, 0.3) is 0 Å². The molecule has 124 valence electrons. The zero-order chi connectivity index (χ0) is 16.9. The molecule has 1 heterocycles. The lowest BCUT2D eigenvalue weighted by molar-refractivity contribution is -0.136. The van der Waals surface area contributed by atoms with E-state index in [2.05, 4.69) is 0 Å². The van der Waals surface area contributed by atoms with Crippen LogP contribution in [-0.2, 0) is 9.53 Å². The zero-order valence-electron chi connectivity index (χ0n) is 14.3. The number of carbonyl (C=O) groups is 1. The largest absolute Gasteiger partial charge is 0.469 e. The summed E-state index contributed by atoms with van der Waals surface area (Å²) in [6, 6.07) is 13.8. The van der Waals surface area contributed by atoms with Crippen LogP contribution in [0.1, 0.15) is 37.5 Å². The number of furan rings is 1. The maximum atomic E-state index is 12.8. The van der Waals surface area contributed by atoms with Gasteiger partial charge in [-0.15, -0.1) is 0 Å². The van der Waals surface area contributed by atoms with Crippen molar-refractivity contribution in [2.24, 2.45) is 0 Å². The smallest absolute Gasteiger partial charge is 0.223 e. The summed E-state index contributed by atoms with van der Waals surface area (Å²) in [4.78, 5) is 14.5. The van der Waals surface area contributed by atoms with Crippen LogP contribution in [0, 0.1) is 0 Å². The van der Waals surface area contributed by atoms with E-state index in [9.17, 15) is 4.79 Å². The normalized spacial score (nSPS) is 12.9. The second-order valence-corrected chi connectivity index (χ2v) is 6.38. The minimum Gasteiger partial charge on any atom is -0.469 e. The minimum atomic E-state index is -0.351. The molecule has 0 bridgehead atoms. The van der Waals surface area contributed by atoms with Crippen LogP contribution in [0.4, 0.5) is 0 Å². The molecule has 1 unspecified atom stereocenters. The number of nitrogens with zero attached hydrogens (tertiary/aromatic N) is 1. The van der Waals surface area contributed by atoms with Gasteiger partial charge in [0.05, 0.1) is 24.3 Å². The van der Waals surface area contributed by atoms with Crippen LogP contribution in [0.15, 0.2) is 53.1 Å². The summed E-state index contributed by atoms with van der Waals surface area (Å²) in [5.41, 5.74) is 0.727. The molecule has 1 aromatic carbocycles. The number of carbonyl (C=O) groups excluding carboxylic acids is 1. The molecule has 0 aliphatic carbocycles. The van der Waals surface area contributed by atoms with Gasteiger partial charge in [-0.05, 0) is 31.5 Å². The Labute approximate surface area is 138 Å². The van der Waals surface area contributed by atoms with E-state index in [4.69, 9.17) is 9.15 Å². The highest BCUT2D eigenvalue weighted by Crippen LogP contribution is 2.30. The average Bonchev–Trinajstić information content (AvgIpc) is 3.06. The first-order valence-electron chi connectivity index (χ1n) is 7.79. The van der Waals surface area contributed by atoms with E-state index in [0.29, 0.717) is 13.0 Å². The van der Waals surface area contributed by atoms with Crippen molar-refractivity contribution in [3.8, 4) is 0 Å². The van der Waals surface area contributed by atoms with Crippen molar-refractivity contribution in [1.29, 1.82) is 0 Å². The topological polar surface area (TPSA) is 42.7 Å². The zero-order valence-corrected chi connectivity index (χ0v) is 14.3. The lowest BCUT2D eigenvalue weighted by Crippen LogP contribution is -2.48. The van der Waals surface area contributed by atoms with Crippen molar-refractivity contribution in [3.05, 3.63) is 60.1 Å². The fourth-order valence-electron chi connectivity index (χ4n) is 2.66. The van der Waals surface area contributed by atoms with Gasteiger partial charge >= 0.3 is 0 Å². The molecular weight excluding hydrogens is 290 g/mol. The highest BCUT2D eigenvalue weighted by atomic mass is 16.5. The SMILES string of the molecule is COCC(C)(C)N(C)C(=O)CC(c1ccccc1)c1ccco1. The molecule has 4 heteroatoms. The molecule has 0 aliphatic heterocycles. The number of benzene rings is 1. The van der Waals surface area contributed by atoms with E-state index < -0.39 is 0 Å². The Bertz CT molecular complexity index is 605. The maximum absolute atomic E-state index is 12.8. The van der Waals surface area contributed by atoms with Crippen LogP contribution in [-0.4, -0.2) is 37.1 Å². The predicted octanol–water partition coefficient (Wildman–Crippen LogP) is 3.69. The molecule has 0 aliphatic rings. The van der Waals surface area contributed by atoms with Gasteiger partial charge in [-0.3, -0.25) is 4.79 Å². The number of rotatable bonds is 7. The van der Waals surface area contributed by atoms with Crippen molar-refractivity contribution >= 4 is 5.91 Å². The molecule has 1 atom stereocenters. The molecular formula is C19H25NO3. The number of amides is 1. The first kappa shape index (κ1) is 17.3. The van der Waals surface area contributed by atoms with Gasteiger partial charge in [0, 0.05) is 20.6 Å². The molecule has 1 amide bonds. The Balaban J connectivity index is 2.20. The third kappa shape index (κ3) is 4.23. The van der Waals surface area contributed by atoms with Crippen molar-refractivity contribution in [3.63, 3.8) is 0 Å². The standard InChI is InChI=1S/C19H25NO3/c1-19(2,14-22-4)20(3)18(21)13-16(17-11-8-12-23-17)15-9-6-5-7-10-15/h5-12,16H,13-14H2,1-4H3. The Hall–Kier alpha value is -2.07. The van der Waals surface area contributed by atoms with Gasteiger partial charge in [0.15, 0.2) is 0 Å². The van der Waals surface area contributed by atoms with Crippen LogP contribution in [0.5, 0.6) is 0 Å². The van der Waals surface area contributed by atoms with E-state index in [1.54, 1.807) is 18.3 Å². The van der Waals surface area contributed by atoms with E-state index in [-0.39, 0.29) is 17.4 Å². The Morgan fingerprint density at radius 1 is 1.22 bits per heavy atom. The summed E-state index contributed by atoms with van der Waals surface area (Å²) >= 11 is 0. The molecule has 2 aromatic rings. The van der Waals surface area contributed by atoms with E-state index in [1.807, 2.05) is 63.4 Å². The first-order chi connectivity index (χ1) is 11.0. The molecule has 0 N–H and O–H groups in total. The molecule has 0 saturated carbocycles. The van der Waals surface area contributed by atoms with Gasteiger partial charge < -0.3 is 14.1 Å². The molecule has 1 aromatic heterocycles. The van der Waals surface area contributed by atoms with Crippen LogP contribution in [0.3, 0.4) is 0 Å². The van der Waals surface area contributed by atoms with Crippen LogP contribution in [0.2, 0.25) is 0 Å². The van der Waals surface area contributed by atoms with E-state index in [0.717, 1.165) is 11.3 Å². The second-order valence-electron chi connectivity index (χ2n) is 6.38. The van der Waals surface area contributed by atoms with Gasteiger partial charge in [-0.25, -0.2) is 0 Å². The number of methoxy groups -OCH3 is 1. The summed E-state index contributed by atoms with van der Waals surface area (Å²) < 4.78 is 10.8. The summed E-state index contributed by atoms with van der Waals surface area (Å²) in [5, 5.41) is 0. The molecule has 0 saturated heterocycles. The highest BCUT2D eigenvalue weighted by molar-refractivity contribution is 5.78. The van der Waals surface area contributed by atoms with Crippen molar-refractivity contribution in [1.82, 2.24) is 4.90 Å². The van der Waals surface area contributed by atoms with Crippen LogP contribution in [0.25, 0.3) is 0 Å². The van der Waals surface area contributed by atoms with Gasteiger partial charge in [0.2, 0.25) is 5.91 Å². The maximum Gasteiger partial charge on any atom is 0.223 e. The number of likely N-dealkylation sites (N-methyl/N-ethyl adjacent to an activating group) is 1. The fraction of sp³-hybridized carbons (Fsp3) is 0.421. The van der Waals surface area contributed by atoms with Crippen LogP contribution >= 0.6 is 0 Å². The summed E-state index contributed by atoms with van der Waals surface area (Å²) in [6.07, 6.45) is 2.01. The summed E-state index contributed by atoms with van der Waals surface area (Å²) in [6.45, 7) is 4.49. The molecule has 0 spiro atoms. The van der Waals surface area contributed by atoms with Crippen molar-refractivity contribution in [2.75, 3.05) is 20.8 Å². The Morgan fingerprint density at radius 2 is 1.91 bits per heavy atom. The number of hydrogen-bond acceptors (Lipinski definition) is 3.